The maximum atomic E-state index is 11.8. The van der Waals surface area contributed by atoms with Crippen LogP contribution in [0, 0.1) is 5.92 Å². The number of morpholine rings is 1. The molecule has 3 nitrogen and oxygen atoms in total. The van der Waals surface area contributed by atoms with Gasteiger partial charge in [0.1, 0.15) is 5.78 Å². The summed E-state index contributed by atoms with van der Waals surface area (Å²) < 4.78 is 5.25. The number of carbonyl (C=O) groups excluding carboxylic acids is 1. The standard InChI is InChI=1S/C11H19NO2/c13-11(10-3-1-2-4-10)9-12-5-7-14-8-6-12/h10H,1-9H2. The summed E-state index contributed by atoms with van der Waals surface area (Å²) in [7, 11) is 0. The van der Waals surface area contributed by atoms with Crippen molar-refractivity contribution in [2.75, 3.05) is 32.8 Å². The van der Waals surface area contributed by atoms with Gasteiger partial charge < -0.3 is 4.74 Å². The Balaban J connectivity index is 1.75. The molecule has 0 spiro atoms. The Bertz CT molecular complexity index is 193. The minimum absolute atomic E-state index is 0.373. The topological polar surface area (TPSA) is 29.5 Å². The van der Waals surface area contributed by atoms with Gasteiger partial charge in [0.2, 0.25) is 0 Å². The number of hydrogen-bond acceptors (Lipinski definition) is 3. The summed E-state index contributed by atoms with van der Waals surface area (Å²) in [4.78, 5) is 14.1. The summed E-state index contributed by atoms with van der Waals surface area (Å²) >= 11 is 0. The summed E-state index contributed by atoms with van der Waals surface area (Å²) in [5.41, 5.74) is 0. The summed E-state index contributed by atoms with van der Waals surface area (Å²) in [5.74, 6) is 0.835. The Hall–Kier alpha value is -0.410. The third-order valence-electron chi connectivity index (χ3n) is 3.29. The van der Waals surface area contributed by atoms with Crippen molar-refractivity contribution in [3.63, 3.8) is 0 Å². The maximum absolute atomic E-state index is 11.8. The van der Waals surface area contributed by atoms with Crippen molar-refractivity contribution in [3.8, 4) is 0 Å². The Morgan fingerprint density at radius 2 is 1.86 bits per heavy atom. The van der Waals surface area contributed by atoms with E-state index >= 15 is 0 Å². The fourth-order valence-corrected chi connectivity index (χ4v) is 2.36. The molecule has 0 unspecified atom stereocenters. The molecule has 14 heavy (non-hydrogen) atoms. The second-order valence-electron chi connectivity index (χ2n) is 4.34. The van der Waals surface area contributed by atoms with E-state index in [9.17, 15) is 4.79 Å². The molecule has 1 aliphatic carbocycles. The molecule has 2 aliphatic rings. The molecular weight excluding hydrogens is 178 g/mol. The molecule has 0 N–H and O–H groups in total. The van der Waals surface area contributed by atoms with Crippen LogP contribution in [0.15, 0.2) is 0 Å². The highest BCUT2D eigenvalue weighted by molar-refractivity contribution is 5.83. The number of hydrogen-bond donors (Lipinski definition) is 0. The van der Waals surface area contributed by atoms with Crippen molar-refractivity contribution in [2.45, 2.75) is 25.7 Å². The van der Waals surface area contributed by atoms with Crippen molar-refractivity contribution < 1.29 is 9.53 Å². The van der Waals surface area contributed by atoms with Crippen molar-refractivity contribution in [3.05, 3.63) is 0 Å². The van der Waals surface area contributed by atoms with E-state index in [1.165, 1.54) is 12.8 Å². The molecule has 1 aliphatic heterocycles. The molecule has 0 aromatic carbocycles. The first kappa shape index (κ1) is 10.1. The zero-order valence-corrected chi connectivity index (χ0v) is 8.71. The summed E-state index contributed by atoms with van der Waals surface area (Å²) in [6, 6.07) is 0. The fraction of sp³-hybridized carbons (Fsp3) is 0.909. The largest absolute Gasteiger partial charge is 0.379 e. The van der Waals surface area contributed by atoms with E-state index in [4.69, 9.17) is 4.74 Å². The number of ketones is 1. The molecule has 0 aromatic heterocycles. The number of Topliss-reactive ketones (excluding diaryl/α,β-unsaturated/α-hetero) is 1. The Morgan fingerprint density at radius 1 is 1.21 bits per heavy atom. The molecule has 1 saturated carbocycles. The van der Waals surface area contributed by atoms with E-state index in [1.807, 2.05) is 0 Å². The van der Waals surface area contributed by atoms with Crippen LogP contribution in [0.3, 0.4) is 0 Å². The highest BCUT2D eigenvalue weighted by Gasteiger charge is 2.24. The second-order valence-corrected chi connectivity index (χ2v) is 4.34. The zero-order chi connectivity index (χ0) is 9.80. The molecular formula is C11H19NO2. The third-order valence-corrected chi connectivity index (χ3v) is 3.29. The van der Waals surface area contributed by atoms with Crippen LogP contribution in [0.25, 0.3) is 0 Å². The molecule has 0 amide bonds. The average molecular weight is 197 g/mol. The van der Waals surface area contributed by atoms with Crippen LogP contribution in [0.2, 0.25) is 0 Å². The first-order valence-corrected chi connectivity index (χ1v) is 5.69. The summed E-state index contributed by atoms with van der Waals surface area (Å²) in [5, 5.41) is 0. The molecule has 0 bridgehead atoms. The molecule has 2 fully saturated rings. The summed E-state index contributed by atoms with van der Waals surface area (Å²) in [6.07, 6.45) is 4.76. The zero-order valence-electron chi connectivity index (χ0n) is 8.71. The van der Waals surface area contributed by atoms with Crippen LogP contribution in [0.4, 0.5) is 0 Å². The van der Waals surface area contributed by atoms with Gasteiger partial charge in [-0.15, -0.1) is 0 Å². The normalized spacial score (nSPS) is 25.4. The van der Waals surface area contributed by atoms with Gasteiger partial charge >= 0.3 is 0 Å². The number of carbonyl (C=O) groups is 1. The average Bonchev–Trinajstić information content (AvgIpc) is 2.72. The minimum atomic E-state index is 0.373. The lowest BCUT2D eigenvalue weighted by molar-refractivity contribution is -0.124. The lowest BCUT2D eigenvalue weighted by Gasteiger charge is -2.26. The molecule has 0 aromatic rings. The number of ether oxygens (including phenoxy) is 1. The highest BCUT2D eigenvalue weighted by atomic mass is 16.5. The molecule has 3 heteroatoms. The van der Waals surface area contributed by atoms with Gasteiger partial charge in [0.05, 0.1) is 19.8 Å². The van der Waals surface area contributed by atoms with Crippen LogP contribution in [0.1, 0.15) is 25.7 Å². The van der Waals surface area contributed by atoms with Gasteiger partial charge in [-0.3, -0.25) is 9.69 Å². The Kier molecular flexibility index (Phi) is 3.54. The van der Waals surface area contributed by atoms with Crippen LogP contribution in [0.5, 0.6) is 0 Å². The predicted molar refractivity (Wildman–Crippen MR) is 54.2 cm³/mol. The van der Waals surface area contributed by atoms with Crippen LogP contribution < -0.4 is 0 Å². The van der Waals surface area contributed by atoms with Crippen molar-refractivity contribution >= 4 is 5.78 Å². The van der Waals surface area contributed by atoms with Crippen molar-refractivity contribution in [1.82, 2.24) is 4.90 Å². The van der Waals surface area contributed by atoms with E-state index in [0.29, 0.717) is 18.2 Å². The van der Waals surface area contributed by atoms with E-state index in [-0.39, 0.29) is 0 Å². The quantitative estimate of drug-likeness (QED) is 0.678. The predicted octanol–water partition coefficient (Wildman–Crippen LogP) is 1.08. The maximum Gasteiger partial charge on any atom is 0.149 e. The number of rotatable bonds is 3. The van der Waals surface area contributed by atoms with E-state index < -0.39 is 0 Å². The molecule has 0 atom stereocenters. The van der Waals surface area contributed by atoms with Crippen molar-refractivity contribution in [2.24, 2.45) is 5.92 Å². The fourth-order valence-electron chi connectivity index (χ4n) is 2.36. The Morgan fingerprint density at radius 3 is 2.50 bits per heavy atom. The first-order chi connectivity index (χ1) is 6.86. The summed E-state index contributed by atoms with van der Waals surface area (Å²) in [6.45, 7) is 4.10. The molecule has 2 rings (SSSR count). The smallest absolute Gasteiger partial charge is 0.149 e. The monoisotopic (exact) mass is 197 g/mol. The van der Waals surface area contributed by atoms with E-state index in [1.54, 1.807) is 0 Å². The molecule has 0 radical (unpaired) electrons. The van der Waals surface area contributed by atoms with Gasteiger partial charge in [-0.05, 0) is 12.8 Å². The Labute approximate surface area is 85.4 Å². The van der Waals surface area contributed by atoms with Gasteiger partial charge in [0.15, 0.2) is 0 Å². The SMILES string of the molecule is O=C(CN1CCOCC1)C1CCCC1. The van der Waals surface area contributed by atoms with Gasteiger partial charge in [-0.25, -0.2) is 0 Å². The van der Waals surface area contributed by atoms with Crippen LogP contribution in [-0.2, 0) is 9.53 Å². The second kappa shape index (κ2) is 4.89. The molecule has 1 heterocycles. The van der Waals surface area contributed by atoms with Gasteiger partial charge in [-0.1, -0.05) is 12.8 Å². The lowest BCUT2D eigenvalue weighted by atomic mass is 10.0. The van der Waals surface area contributed by atoms with Gasteiger partial charge in [0.25, 0.3) is 0 Å². The molecule has 1 saturated heterocycles. The first-order valence-electron chi connectivity index (χ1n) is 5.69. The van der Waals surface area contributed by atoms with E-state index in [0.717, 1.165) is 39.1 Å². The van der Waals surface area contributed by atoms with Gasteiger partial charge in [-0.2, -0.15) is 0 Å². The van der Waals surface area contributed by atoms with Crippen molar-refractivity contribution in [1.29, 1.82) is 0 Å². The van der Waals surface area contributed by atoms with Crippen LogP contribution in [-0.4, -0.2) is 43.5 Å². The highest BCUT2D eigenvalue weighted by Crippen LogP contribution is 2.25. The minimum Gasteiger partial charge on any atom is -0.379 e. The third kappa shape index (κ3) is 2.55. The van der Waals surface area contributed by atoms with E-state index in [2.05, 4.69) is 4.90 Å². The van der Waals surface area contributed by atoms with Gasteiger partial charge in [0, 0.05) is 19.0 Å². The number of nitrogens with zero attached hydrogens (tertiary/aromatic N) is 1. The lowest BCUT2D eigenvalue weighted by Crippen LogP contribution is -2.40. The molecule has 80 valence electrons. The van der Waals surface area contributed by atoms with Crippen LogP contribution >= 0.6 is 0 Å².